The first kappa shape index (κ1) is 44.1. The number of unbranched alkanes of at least 4 members (excludes halogenated alkanes) is 2. The Kier molecular flexibility index (Phi) is 48.7. The minimum absolute atomic E-state index is 0.316. The maximum atomic E-state index is 9.28. The summed E-state index contributed by atoms with van der Waals surface area (Å²) in [5.41, 5.74) is 0. The third-order valence-corrected chi connectivity index (χ3v) is 2.78. The zero-order chi connectivity index (χ0) is 27.7. The molecule has 0 aromatic rings. The first-order valence-electron chi connectivity index (χ1n) is 11.7. The first-order chi connectivity index (χ1) is 16.2. The molecule has 0 radical (unpaired) electrons. The minimum atomic E-state index is -1.22. The number of rotatable bonds is 16. The van der Waals surface area contributed by atoms with Gasteiger partial charge in [0.15, 0.2) is 0 Å². The van der Waals surface area contributed by atoms with Gasteiger partial charge in [-0.1, -0.05) is 55.7 Å². The molecule has 13 nitrogen and oxygen atoms in total. The third kappa shape index (κ3) is 39.3. The second-order valence-electron chi connectivity index (χ2n) is 5.60. The van der Waals surface area contributed by atoms with Gasteiger partial charge in [-0.15, -0.1) is 10.4 Å². The molecule has 0 unspecified atom stereocenters. The summed E-state index contributed by atoms with van der Waals surface area (Å²) in [5.74, 6) is 0. The second-order valence-corrected chi connectivity index (χ2v) is 5.60. The Morgan fingerprint density at radius 1 is 0.500 bits per heavy atom. The molecule has 0 aliphatic heterocycles. The second kappa shape index (κ2) is 37.6. The summed E-state index contributed by atoms with van der Waals surface area (Å²) in [5, 5.41) is 32.3. The van der Waals surface area contributed by atoms with Gasteiger partial charge in [0.2, 0.25) is 10.3 Å². The summed E-state index contributed by atoms with van der Waals surface area (Å²) in [6.07, 6.45) is 4.08. The van der Waals surface area contributed by atoms with Crippen LogP contribution in [0.15, 0.2) is 0 Å². The van der Waals surface area contributed by atoms with Gasteiger partial charge in [-0.25, -0.2) is 0 Å². The number of aliphatic hydroxyl groups excluding tert-OH is 2. The van der Waals surface area contributed by atoms with Crippen LogP contribution in [0.1, 0.15) is 81.1 Å². The van der Waals surface area contributed by atoms with E-state index in [4.69, 9.17) is 42.6 Å². The fraction of sp³-hybridized carbons (Fsp3) is 1.00. The van der Waals surface area contributed by atoms with Crippen molar-refractivity contribution in [2.24, 2.45) is 0 Å². The normalized spacial score (nSPS) is 10.3. The summed E-state index contributed by atoms with van der Waals surface area (Å²) in [6.45, 7) is 17.1. The van der Waals surface area contributed by atoms with Crippen LogP contribution < -0.4 is 0 Å². The molecule has 0 saturated heterocycles. The Hall–Kier alpha value is 0.0343. The molecule has 0 spiro atoms. The quantitative estimate of drug-likeness (QED) is 0.128. The molecule has 14 heteroatoms. The van der Waals surface area contributed by atoms with E-state index in [-0.39, 0.29) is 0 Å². The van der Waals surface area contributed by atoms with Gasteiger partial charge in [-0.05, 0) is 54.4 Å². The topological polar surface area (TPSA) is 153 Å². The van der Waals surface area contributed by atoms with E-state index in [0.29, 0.717) is 52.9 Å². The van der Waals surface area contributed by atoms with Crippen LogP contribution in [0.2, 0.25) is 0 Å². The Morgan fingerprint density at radius 2 is 0.676 bits per heavy atom. The molecule has 0 aliphatic rings. The molecule has 0 atom stereocenters. The molecule has 0 saturated carbocycles. The van der Waals surface area contributed by atoms with Crippen molar-refractivity contribution < 1.29 is 83.7 Å². The molecule has 4 N–H and O–H groups in total. The molecule has 0 heterocycles. The Labute approximate surface area is 217 Å². The van der Waals surface area contributed by atoms with Gasteiger partial charge in [0.25, 0.3) is 0 Å². The molecule has 210 valence electrons. The van der Waals surface area contributed by atoms with Crippen LogP contribution >= 0.6 is 0 Å². The van der Waals surface area contributed by atoms with Crippen LogP contribution in [0.25, 0.3) is 0 Å². The predicted octanol–water partition coefficient (Wildman–Crippen LogP) is 3.53. The van der Waals surface area contributed by atoms with Gasteiger partial charge in [-0.2, -0.15) is 0 Å². The monoisotopic (exact) mass is 544 g/mol. The number of aliphatic hydroxyl groups is 2. The average molecular weight is 545 g/mol. The van der Waals surface area contributed by atoms with E-state index in [9.17, 15) is 10.4 Å². The predicted molar refractivity (Wildman–Crippen MR) is 119 cm³/mol. The van der Waals surface area contributed by atoms with Crippen LogP contribution in [-0.2, 0) is 52.8 Å². The zero-order valence-electron chi connectivity index (χ0n) is 22.5. The van der Waals surface area contributed by atoms with Crippen LogP contribution in [-0.4, -0.2) is 83.8 Å². The standard InChI is InChI=1S/2C6H16NO4.2C4H10O.O.Ti/c2*1-4-9-7(8,10-5-2)11-6-3;2*1-2-3-4-5;;/h2*8H,4-6H2,1-3H3;2*5H,2-4H2,1H3;;/q2*+1;;;;. The average Bonchev–Trinajstić information content (AvgIpc) is 2.78. The Bertz CT molecular complexity index is 282. The number of quaternary nitrogens is 2. The fourth-order valence-corrected chi connectivity index (χ4v) is 1.52. The molecule has 0 rings (SSSR count). The summed E-state index contributed by atoms with van der Waals surface area (Å²) in [4.78, 5) is 28.6. The summed E-state index contributed by atoms with van der Waals surface area (Å²) >= 11 is 0.750. The Balaban J connectivity index is -0.000000114. The first-order valence-corrected chi connectivity index (χ1v) is 12.4. The van der Waals surface area contributed by atoms with E-state index in [0.717, 1.165) is 46.1 Å². The van der Waals surface area contributed by atoms with E-state index in [1.807, 2.05) is 0 Å². The van der Waals surface area contributed by atoms with Gasteiger partial charge in [-0.3, -0.25) is 0 Å². The number of hydrogen-bond acceptors (Lipinski definition) is 11. The van der Waals surface area contributed by atoms with Crippen LogP contribution in [0.4, 0.5) is 0 Å². The zero-order valence-corrected chi connectivity index (χ0v) is 24.1. The van der Waals surface area contributed by atoms with Crippen LogP contribution in [0.5, 0.6) is 0 Å². The van der Waals surface area contributed by atoms with Crippen molar-refractivity contribution >= 4 is 0 Å². The van der Waals surface area contributed by atoms with Crippen molar-refractivity contribution in [3.05, 3.63) is 0 Å². The van der Waals surface area contributed by atoms with Crippen molar-refractivity contribution in [1.29, 1.82) is 0 Å². The molecule has 0 aromatic heterocycles. The van der Waals surface area contributed by atoms with E-state index in [1.54, 1.807) is 41.5 Å². The van der Waals surface area contributed by atoms with E-state index < -0.39 is 10.3 Å². The van der Waals surface area contributed by atoms with E-state index >= 15 is 0 Å². The number of hydrogen-bond donors (Lipinski definition) is 4. The van der Waals surface area contributed by atoms with Gasteiger partial charge >= 0.3 is 23.7 Å². The van der Waals surface area contributed by atoms with E-state index in [2.05, 4.69) is 13.8 Å². The SMILES string of the molecule is CCCCO.CCCCO.CCO[N+](O)(OCC)OCC.CCO[N+](O)(OCC)OCC.[O]=[Ti]. The van der Waals surface area contributed by atoms with Gasteiger partial charge < -0.3 is 10.2 Å². The molecule has 0 aliphatic carbocycles. The van der Waals surface area contributed by atoms with Crippen molar-refractivity contribution in [3.63, 3.8) is 0 Å². The van der Waals surface area contributed by atoms with Gasteiger partial charge in [0, 0.05) is 13.2 Å². The summed E-state index contributed by atoms with van der Waals surface area (Å²) in [7, 11) is 0. The van der Waals surface area contributed by atoms with Crippen molar-refractivity contribution in [1.82, 2.24) is 0 Å². The number of nitrogens with zero attached hydrogens (tertiary/aromatic N) is 2. The molecular formula is C20H52N2O11Ti+2. The van der Waals surface area contributed by atoms with E-state index in [1.165, 1.54) is 0 Å². The fourth-order valence-electron chi connectivity index (χ4n) is 1.52. The molecular weight excluding hydrogens is 492 g/mol. The van der Waals surface area contributed by atoms with Crippen LogP contribution in [0, 0.1) is 0 Å². The molecule has 0 amide bonds. The molecule has 34 heavy (non-hydrogen) atoms. The van der Waals surface area contributed by atoms with Gasteiger partial charge in [0.05, 0.1) is 0 Å². The maximum absolute atomic E-state index is 9.28. The molecule has 0 bridgehead atoms. The van der Waals surface area contributed by atoms with Crippen LogP contribution in [0.3, 0.4) is 0 Å². The summed E-state index contributed by atoms with van der Waals surface area (Å²) in [6, 6.07) is 0. The molecule has 0 aromatic carbocycles. The van der Waals surface area contributed by atoms with Crippen molar-refractivity contribution in [3.8, 4) is 0 Å². The van der Waals surface area contributed by atoms with Crippen molar-refractivity contribution in [2.45, 2.75) is 81.1 Å². The van der Waals surface area contributed by atoms with Crippen molar-refractivity contribution in [2.75, 3.05) is 52.9 Å². The summed E-state index contributed by atoms with van der Waals surface area (Å²) < 4.78 is 8.25. The van der Waals surface area contributed by atoms with Gasteiger partial charge in [0.1, 0.15) is 39.6 Å². The Morgan fingerprint density at radius 3 is 0.735 bits per heavy atom. The molecule has 0 fully saturated rings. The third-order valence-electron chi connectivity index (χ3n) is 2.78.